The van der Waals surface area contributed by atoms with Gasteiger partial charge in [-0.2, -0.15) is 0 Å². The summed E-state index contributed by atoms with van der Waals surface area (Å²) < 4.78 is 9.46. The average Bonchev–Trinajstić information content (AvgIpc) is 2.34. The van der Waals surface area contributed by atoms with Gasteiger partial charge in [0, 0.05) is 6.54 Å². The van der Waals surface area contributed by atoms with E-state index in [-0.39, 0.29) is 19.5 Å². The van der Waals surface area contributed by atoms with Crippen LogP contribution in [0.4, 0.5) is 4.79 Å². The maximum absolute atomic E-state index is 11.9. The summed E-state index contributed by atoms with van der Waals surface area (Å²) in [6.45, 7) is 5.12. The molecule has 0 radical (unpaired) electrons. The van der Waals surface area contributed by atoms with Gasteiger partial charge in [-0.15, -0.1) is 0 Å². The molecule has 112 valence electrons. The van der Waals surface area contributed by atoms with Crippen molar-refractivity contribution in [2.24, 2.45) is 5.92 Å². The van der Waals surface area contributed by atoms with Crippen LogP contribution in [0.2, 0.25) is 0 Å². The van der Waals surface area contributed by atoms with Crippen LogP contribution in [-0.2, 0) is 23.9 Å². The van der Waals surface area contributed by atoms with Gasteiger partial charge in [-0.1, -0.05) is 0 Å². The number of Topliss-reactive ketones (excluding diaryl/α,β-unsaturated/α-hetero) is 2. The van der Waals surface area contributed by atoms with E-state index in [1.807, 2.05) is 0 Å². The number of methoxy groups -OCH3 is 1. The molecule has 7 heteroatoms. The van der Waals surface area contributed by atoms with E-state index in [1.54, 1.807) is 20.8 Å². The summed E-state index contributed by atoms with van der Waals surface area (Å²) in [5.41, 5.74) is -0.654. The molecule has 1 saturated heterocycles. The molecule has 1 amide bonds. The quantitative estimate of drug-likeness (QED) is 0.418. The largest absolute Gasteiger partial charge is 0.463 e. The first-order valence-electron chi connectivity index (χ1n) is 6.28. The molecular formula is C13H19NO6. The van der Waals surface area contributed by atoms with Crippen LogP contribution in [0.25, 0.3) is 0 Å². The van der Waals surface area contributed by atoms with E-state index in [9.17, 15) is 19.2 Å². The highest BCUT2D eigenvalue weighted by Gasteiger charge is 2.38. The fraction of sp³-hybridized carbons (Fsp3) is 0.692. The summed E-state index contributed by atoms with van der Waals surface area (Å²) in [6.07, 6.45) is -0.499. The Labute approximate surface area is 117 Å². The van der Waals surface area contributed by atoms with Crippen LogP contribution >= 0.6 is 0 Å². The van der Waals surface area contributed by atoms with Crippen LogP contribution in [0.5, 0.6) is 0 Å². The van der Waals surface area contributed by atoms with Crippen molar-refractivity contribution in [1.29, 1.82) is 0 Å². The fourth-order valence-corrected chi connectivity index (χ4v) is 1.83. The molecule has 1 rings (SSSR count). The number of ketones is 2. The Morgan fingerprint density at radius 1 is 1.25 bits per heavy atom. The summed E-state index contributed by atoms with van der Waals surface area (Å²) in [5, 5.41) is 0. The van der Waals surface area contributed by atoms with E-state index >= 15 is 0 Å². The predicted molar refractivity (Wildman–Crippen MR) is 67.9 cm³/mol. The van der Waals surface area contributed by atoms with E-state index in [0.29, 0.717) is 0 Å². The van der Waals surface area contributed by atoms with Gasteiger partial charge in [-0.05, 0) is 27.2 Å². The molecule has 0 aliphatic carbocycles. The number of esters is 1. The monoisotopic (exact) mass is 285 g/mol. The second-order valence-electron chi connectivity index (χ2n) is 5.57. The number of hydrogen-bond donors (Lipinski definition) is 0. The zero-order valence-electron chi connectivity index (χ0n) is 12.1. The Morgan fingerprint density at radius 3 is 2.30 bits per heavy atom. The van der Waals surface area contributed by atoms with Gasteiger partial charge in [0.2, 0.25) is 0 Å². The summed E-state index contributed by atoms with van der Waals surface area (Å²) >= 11 is 0. The first-order chi connectivity index (χ1) is 9.15. The summed E-state index contributed by atoms with van der Waals surface area (Å²) in [7, 11) is 1.08. The van der Waals surface area contributed by atoms with Gasteiger partial charge in [0.1, 0.15) is 5.60 Å². The van der Waals surface area contributed by atoms with Crippen molar-refractivity contribution < 1.29 is 28.7 Å². The minimum absolute atomic E-state index is 0.103. The first-order valence-corrected chi connectivity index (χ1v) is 6.28. The number of piperidine rings is 1. The molecule has 0 N–H and O–H groups in total. The second kappa shape index (κ2) is 6.02. The standard InChI is InChI=1S/C13H19NO6/c1-13(2,3)20-12(18)14-6-5-8(9(15)7-14)10(16)11(17)19-4/h8H,5-7H2,1-4H3/t8-/m1/s1. The number of rotatable bonds is 2. The van der Waals surface area contributed by atoms with E-state index < -0.39 is 35.1 Å². The van der Waals surface area contributed by atoms with E-state index in [4.69, 9.17) is 4.74 Å². The molecule has 1 atom stereocenters. The van der Waals surface area contributed by atoms with E-state index in [0.717, 1.165) is 7.11 Å². The molecule has 1 fully saturated rings. The lowest BCUT2D eigenvalue weighted by Gasteiger charge is -2.31. The molecule has 0 aromatic rings. The van der Waals surface area contributed by atoms with Crippen molar-refractivity contribution in [3.05, 3.63) is 0 Å². The lowest BCUT2D eigenvalue weighted by atomic mass is 9.91. The highest BCUT2D eigenvalue weighted by atomic mass is 16.6. The molecule has 0 aromatic heterocycles. The van der Waals surface area contributed by atoms with Crippen LogP contribution < -0.4 is 0 Å². The van der Waals surface area contributed by atoms with Gasteiger partial charge in [0.05, 0.1) is 19.6 Å². The van der Waals surface area contributed by atoms with Gasteiger partial charge in [-0.3, -0.25) is 9.59 Å². The lowest BCUT2D eigenvalue weighted by molar-refractivity contribution is -0.156. The molecule has 0 unspecified atom stereocenters. The topological polar surface area (TPSA) is 90.0 Å². The van der Waals surface area contributed by atoms with Gasteiger partial charge in [-0.25, -0.2) is 9.59 Å². The third-order valence-electron chi connectivity index (χ3n) is 2.78. The van der Waals surface area contributed by atoms with Gasteiger partial charge in [0.25, 0.3) is 5.78 Å². The minimum Gasteiger partial charge on any atom is -0.463 e. The zero-order chi connectivity index (χ0) is 15.5. The van der Waals surface area contributed by atoms with E-state index in [2.05, 4.69) is 4.74 Å². The summed E-state index contributed by atoms with van der Waals surface area (Å²) in [5.74, 6) is -3.39. The fourth-order valence-electron chi connectivity index (χ4n) is 1.83. The number of likely N-dealkylation sites (tertiary alicyclic amines) is 1. The number of carbonyl (C=O) groups is 4. The van der Waals surface area contributed by atoms with Crippen LogP contribution in [-0.4, -0.2) is 54.3 Å². The van der Waals surface area contributed by atoms with Gasteiger partial charge >= 0.3 is 12.1 Å². The number of carbonyl (C=O) groups excluding carboxylic acids is 4. The highest BCUT2D eigenvalue weighted by Crippen LogP contribution is 2.18. The third kappa shape index (κ3) is 4.04. The number of hydrogen-bond acceptors (Lipinski definition) is 6. The SMILES string of the molecule is COC(=O)C(=O)[C@@H]1CCN(C(=O)OC(C)(C)C)CC1=O. The van der Waals surface area contributed by atoms with Crippen LogP contribution in [0.15, 0.2) is 0 Å². The van der Waals surface area contributed by atoms with Crippen molar-refractivity contribution in [2.45, 2.75) is 32.8 Å². The van der Waals surface area contributed by atoms with Crippen molar-refractivity contribution in [1.82, 2.24) is 4.90 Å². The Bertz CT molecular complexity index is 437. The van der Waals surface area contributed by atoms with Crippen LogP contribution in [0, 0.1) is 5.92 Å². The molecule has 0 bridgehead atoms. The van der Waals surface area contributed by atoms with Gasteiger partial charge in [0.15, 0.2) is 5.78 Å². The second-order valence-corrected chi connectivity index (χ2v) is 5.57. The van der Waals surface area contributed by atoms with Crippen molar-refractivity contribution >= 4 is 23.6 Å². The average molecular weight is 285 g/mol. The molecule has 20 heavy (non-hydrogen) atoms. The number of amides is 1. The Hall–Kier alpha value is -1.92. The van der Waals surface area contributed by atoms with Crippen molar-refractivity contribution in [3.8, 4) is 0 Å². The smallest absolute Gasteiger partial charge is 0.410 e. The normalized spacial score (nSPS) is 19.5. The number of nitrogens with zero attached hydrogens (tertiary/aromatic N) is 1. The minimum atomic E-state index is -1.03. The van der Waals surface area contributed by atoms with Crippen molar-refractivity contribution in [2.75, 3.05) is 20.2 Å². The summed E-state index contributed by atoms with van der Waals surface area (Å²) in [4.78, 5) is 47.6. The molecule has 1 heterocycles. The maximum atomic E-state index is 11.9. The van der Waals surface area contributed by atoms with E-state index in [1.165, 1.54) is 4.90 Å². The maximum Gasteiger partial charge on any atom is 0.410 e. The third-order valence-corrected chi connectivity index (χ3v) is 2.78. The first kappa shape index (κ1) is 16.1. The lowest BCUT2D eigenvalue weighted by Crippen LogP contribution is -2.49. The molecule has 7 nitrogen and oxygen atoms in total. The molecule has 0 spiro atoms. The van der Waals surface area contributed by atoms with Gasteiger partial charge < -0.3 is 14.4 Å². The van der Waals surface area contributed by atoms with Crippen molar-refractivity contribution in [3.63, 3.8) is 0 Å². The molecule has 1 aliphatic rings. The molecule has 1 aliphatic heterocycles. The zero-order valence-corrected chi connectivity index (χ0v) is 12.1. The molecule has 0 aromatic carbocycles. The number of ether oxygens (including phenoxy) is 2. The highest BCUT2D eigenvalue weighted by molar-refractivity contribution is 6.38. The summed E-state index contributed by atoms with van der Waals surface area (Å²) in [6, 6.07) is 0. The van der Waals surface area contributed by atoms with Crippen LogP contribution in [0.1, 0.15) is 27.2 Å². The molecular weight excluding hydrogens is 266 g/mol. The van der Waals surface area contributed by atoms with Crippen LogP contribution in [0.3, 0.4) is 0 Å². The Kier molecular flexibility index (Phi) is 4.86. The Morgan fingerprint density at radius 2 is 1.85 bits per heavy atom. The predicted octanol–water partition coefficient (Wildman–Crippen LogP) is 0.555. The molecule has 0 saturated carbocycles. The Balaban J connectivity index is 2.64.